The second-order valence-electron chi connectivity index (χ2n) is 5.71. The van der Waals surface area contributed by atoms with Crippen molar-refractivity contribution in [2.75, 3.05) is 13.2 Å². The molecule has 1 N–H and O–H groups in total. The molecule has 0 bridgehead atoms. The molecule has 0 aromatic heterocycles. The first kappa shape index (κ1) is 12.4. The Hall–Kier alpha value is -0.0800. The Bertz CT molecular complexity index is 213. The van der Waals surface area contributed by atoms with Gasteiger partial charge in [-0.05, 0) is 31.6 Å². The summed E-state index contributed by atoms with van der Waals surface area (Å²) in [6.07, 6.45) is 10.5. The maximum Gasteiger partial charge on any atom is 0.0682 e. The molecule has 0 aromatic rings. The van der Waals surface area contributed by atoms with Gasteiger partial charge in [-0.3, -0.25) is 0 Å². The average Bonchev–Trinajstić information content (AvgIpc) is 3.06. The molecule has 1 aliphatic carbocycles. The Balaban J connectivity index is 1.84. The standard InChI is InChI=1S/C14H26O2/c1-2-3-4-5-8-14(11-15)9-10-16-13(14)12-6-7-12/h12-13,15H,2-11H2,1H3. The summed E-state index contributed by atoms with van der Waals surface area (Å²) in [5.74, 6) is 0.765. The lowest BCUT2D eigenvalue weighted by Gasteiger charge is -2.32. The Kier molecular flexibility index (Phi) is 4.26. The van der Waals surface area contributed by atoms with E-state index in [9.17, 15) is 5.11 Å². The molecule has 1 heterocycles. The van der Waals surface area contributed by atoms with Crippen LogP contribution in [0.4, 0.5) is 0 Å². The van der Waals surface area contributed by atoms with E-state index in [1.807, 2.05) is 0 Å². The van der Waals surface area contributed by atoms with Crippen LogP contribution in [0.15, 0.2) is 0 Å². The first-order valence-corrected chi connectivity index (χ1v) is 7.05. The highest BCUT2D eigenvalue weighted by molar-refractivity contribution is 4.99. The van der Waals surface area contributed by atoms with Crippen LogP contribution in [0, 0.1) is 11.3 Å². The molecule has 2 nitrogen and oxygen atoms in total. The topological polar surface area (TPSA) is 29.5 Å². The van der Waals surface area contributed by atoms with Gasteiger partial charge in [0.15, 0.2) is 0 Å². The second-order valence-corrected chi connectivity index (χ2v) is 5.71. The van der Waals surface area contributed by atoms with Gasteiger partial charge in [-0.15, -0.1) is 0 Å². The van der Waals surface area contributed by atoms with E-state index in [1.54, 1.807) is 0 Å². The third kappa shape index (κ3) is 2.60. The van der Waals surface area contributed by atoms with Gasteiger partial charge < -0.3 is 9.84 Å². The van der Waals surface area contributed by atoms with Crippen molar-refractivity contribution in [3.8, 4) is 0 Å². The van der Waals surface area contributed by atoms with E-state index in [0.717, 1.165) is 18.9 Å². The number of ether oxygens (including phenoxy) is 1. The van der Waals surface area contributed by atoms with Crippen LogP contribution in [0.25, 0.3) is 0 Å². The Morgan fingerprint density at radius 3 is 2.69 bits per heavy atom. The maximum atomic E-state index is 9.74. The van der Waals surface area contributed by atoms with Crippen molar-refractivity contribution in [3.05, 3.63) is 0 Å². The minimum absolute atomic E-state index is 0.120. The van der Waals surface area contributed by atoms with E-state index in [-0.39, 0.29) is 5.41 Å². The lowest BCUT2D eigenvalue weighted by atomic mass is 9.75. The van der Waals surface area contributed by atoms with Crippen LogP contribution in [-0.2, 0) is 4.74 Å². The van der Waals surface area contributed by atoms with E-state index in [2.05, 4.69) is 6.92 Å². The van der Waals surface area contributed by atoms with Crippen LogP contribution in [0.5, 0.6) is 0 Å². The first-order valence-electron chi connectivity index (χ1n) is 7.05. The third-order valence-corrected chi connectivity index (χ3v) is 4.39. The number of unbranched alkanes of at least 4 members (excludes halogenated alkanes) is 3. The molecular weight excluding hydrogens is 200 g/mol. The molecule has 0 radical (unpaired) electrons. The maximum absolute atomic E-state index is 9.74. The van der Waals surface area contributed by atoms with E-state index in [1.165, 1.54) is 44.9 Å². The van der Waals surface area contributed by atoms with Crippen molar-refractivity contribution in [1.82, 2.24) is 0 Å². The third-order valence-electron chi connectivity index (χ3n) is 4.39. The molecule has 16 heavy (non-hydrogen) atoms. The van der Waals surface area contributed by atoms with Crippen LogP contribution in [0.1, 0.15) is 58.3 Å². The van der Waals surface area contributed by atoms with Gasteiger partial charge >= 0.3 is 0 Å². The zero-order chi connectivity index (χ0) is 11.4. The number of rotatable bonds is 7. The fourth-order valence-electron chi connectivity index (χ4n) is 3.16. The van der Waals surface area contributed by atoms with Gasteiger partial charge in [0.25, 0.3) is 0 Å². The normalized spacial score (nSPS) is 34.5. The van der Waals surface area contributed by atoms with E-state index in [4.69, 9.17) is 4.74 Å². The molecular formula is C14H26O2. The summed E-state index contributed by atoms with van der Waals surface area (Å²) >= 11 is 0. The minimum Gasteiger partial charge on any atom is -0.396 e. The molecule has 2 aliphatic rings. The highest BCUT2D eigenvalue weighted by atomic mass is 16.5. The lowest BCUT2D eigenvalue weighted by Crippen LogP contribution is -2.36. The van der Waals surface area contributed by atoms with E-state index < -0.39 is 0 Å². The average molecular weight is 226 g/mol. The second kappa shape index (κ2) is 5.50. The summed E-state index contributed by atoms with van der Waals surface area (Å²) in [5.41, 5.74) is 0.120. The van der Waals surface area contributed by atoms with Gasteiger partial charge in [0, 0.05) is 12.0 Å². The Morgan fingerprint density at radius 1 is 1.25 bits per heavy atom. The molecule has 2 heteroatoms. The van der Waals surface area contributed by atoms with Crippen LogP contribution >= 0.6 is 0 Å². The fraction of sp³-hybridized carbons (Fsp3) is 1.00. The highest BCUT2D eigenvalue weighted by Crippen LogP contribution is 2.50. The molecule has 0 aromatic carbocycles. The number of hydrogen-bond acceptors (Lipinski definition) is 2. The van der Waals surface area contributed by atoms with Crippen LogP contribution in [-0.4, -0.2) is 24.4 Å². The van der Waals surface area contributed by atoms with Gasteiger partial charge in [0.1, 0.15) is 0 Å². The summed E-state index contributed by atoms with van der Waals surface area (Å²) in [6.45, 7) is 3.45. The largest absolute Gasteiger partial charge is 0.396 e. The van der Waals surface area contributed by atoms with Crippen molar-refractivity contribution < 1.29 is 9.84 Å². The Morgan fingerprint density at radius 2 is 2.06 bits per heavy atom. The predicted molar refractivity (Wildman–Crippen MR) is 65.4 cm³/mol. The summed E-state index contributed by atoms with van der Waals surface area (Å²) in [4.78, 5) is 0. The number of hydrogen-bond donors (Lipinski definition) is 1. The van der Waals surface area contributed by atoms with Crippen molar-refractivity contribution in [1.29, 1.82) is 0 Å². The monoisotopic (exact) mass is 226 g/mol. The van der Waals surface area contributed by atoms with Gasteiger partial charge in [-0.25, -0.2) is 0 Å². The molecule has 1 aliphatic heterocycles. The molecule has 2 rings (SSSR count). The minimum atomic E-state index is 0.120. The summed E-state index contributed by atoms with van der Waals surface area (Å²) in [6, 6.07) is 0. The number of aliphatic hydroxyl groups is 1. The summed E-state index contributed by atoms with van der Waals surface area (Å²) < 4.78 is 5.88. The van der Waals surface area contributed by atoms with Gasteiger partial charge in [0.05, 0.1) is 12.7 Å². The molecule has 2 unspecified atom stereocenters. The lowest BCUT2D eigenvalue weighted by molar-refractivity contribution is -0.00552. The van der Waals surface area contributed by atoms with Crippen LogP contribution in [0.2, 0.25) is 0 Å². The summed E-state index contributed by atoms with van der Waals surface area (Å²) in [7, 11) is 0. The fourth-order valence-corrected chi connectivity index (χ4v) is 3.16. The SMILES string of the molecule is CCCCCCC1(CO)CCOC1C1CC1. The van der Waals surface area contributed by atoms with Crippen molar-refractivity contribution >= 4 is 0 Å². The predicted octanol–water partition coefficient (Wildman–Crippen LogP) is 3.13. The zero-order valence-electron chi connectivity index (χ0n) is 10.6. The van der Waals surface area contributed by atoms with Gasteiger partial charge in [0.2, 0.25) is 0 Å². The molecule has 1 saturated carbocycles. The molecule has 2 fully saturated rings. The van der Waals surface area contributed by atoms with Gasteiger partial charge in [-0.1, -0.05) is 32.6 Å². The highest BCUT2D eigenvalue weighted by Gasteiger charge is 2.50. The van der Waals surface area contributed by atoms with E-state index >= 15 is 0 Å². The quantitative estimate of drug-likeness (QED) is 0.676. The van der Waals surface area contributed by atoms with Gasteiger partial charge in [-0.2, -0.15) is 0 Å². The summed E-state index contributed by atoms with van der Waals surface area (Å²) in [5, 5.41) is 9.74. The molecule has 94 valence electrons. The molecule has 1 saturated heterocycles. The molecule has 0 spiro atoms. The van der Waals surface area contributed by atoms with Crippen LogP contribution < -0.4 is 0 Å². The van der Waals surface area contributed by atoms with E-state index in [0.29, 0.717) is 12.7 Å². The molecule has 2 atom stereocenters. The Labute approximate surface area is 99.4 Å². The van der Waals surface area contributed by atoms with Crippen molar-refractivity contribution in [3.63, 3.8) is 0 Å². The van der Waals surface area contributed by atoms with Crippen LogP contribution in [0.3, 0.4) is 0 Å². The first-order chi connectivity index (χ1) is 7.82. The molecule has 0 amide bonds. The van der Waals surface area contributed by atoms with Crippen molar-refractivity contribution in [2.24, 2.45) is 11.3 Å². The zero-order valence-corrected chi connectivity index (χ0v) is 10.6. The number of aliphatic hydroxyl groups excluding tert-OH is 1. The van der Waals surface area contributed by atoms with Crippen molar-refractivity contribution in [2.45, 2.75) is 64.4 Å². The smallest absolute Gasteiger partial charge is 0.0682 e.